The van der Waals surface area contributed by atoms with Crippen molar-refractivity contribution in [1.82, 2.24) is 10.6 Å². The summed E-state index contributed by atoms with van der Waals surface area (Å²) in [4.78, 5) is 24.9. The van der Waals surface area contributed by atoms with E-state index in [-0.39, 0.29) is 17.9 Å². The number of amides is 2. The van der Waals surface area contributed by atoms with E-state index in [1.807, 2.05) is 6.07 Å². The second-order valence-corrected chi connectivity index (χ2v) is 6.05. The summed E-state index contributed by atoms with van der Waals surface area (Å²) in [6.07, 6.45) is 0. The van der Waals surface area contributed by atoms with Gasteiger partial charge >= 0.3 is 12.0 Å². The highest BCUT2D eigenvalue weighted by Gasteiger charge is 2.35. The molecule has 1 aliphatic heterocycles. The number of nitrogens with one attached hydrogen (secondary N) is 2. The number of hydrogen-bond acceptors (Lipinski definition) is 4. The quantitative estimate of drug-likeness (QED) is 0.718. The van der Waals surface area contributed by atoms with Crippen molar-refractivity contribution in [3.8, 4) is 5.75 Å². The van der Waals surface area contributed by atoms with Crippen LogP contribution in [0, 0.1) is 0 Å². The van der Waals surface area contributed by atoms with E-state index in [2.05, 4.69) is 10.6 Å². The Morgan fingerprint density at radius 2 is 1.96 bits per heavy atom. The number of ether oxygens (including phenoxy) is 1. The maximum Gasteiger partial charge on any atom is 0.338 e. The van der Waals surface area contributed by atoms with E-state index in [4.69, 9.17) is 16.3 Å². The summed E-state index contributed by atoms with van der Waals surface area (Å²) in [7, 11) is 0. The number of rotatable bonds is 4. The van der Waals surface area contributed by atoms with Crippen molar-refractivity contribution in [1.29, 1.82) is 0 Å². The van der Waals surface area contributed by atoms with Gasteiger partial charge in [-0.2, -0.15) is 0 Å². The van der Waals surface area contributed by atoms with Crippen LogP contribution in [0.15, 0.2) is 54.1 Å². The second kappa shape index (κ2) is 7.49. The molecule has 0 saturated heterocycles. The number of urea groups is 1. The predicted octanol–water partition coefficient (Wildman–Crippen LogP) is 3.37. The third-order valence-electron chi connectivity index (χ3n) is 3.93. The Hall–Kier alpha value is -2.99. The van der Waals surface area contributed by atoms with Gasteiger partial charge in [-0.05, 0) is 30.7 Å². The molecule has 0 saturated carbocycles. The molecule has 134 valence electrons. The molecule has 1 heterocycles. The van der Waals surface area contributed by atoms with Crippen molar-refractivity contribution in [3.63, 3.8) is 0 Å². The van der Waals surface area contributed by atoms with Crippen molar-refractivity contribution in [2.24, 2.45) is 0 Å². The zero-order chi connectivity index (χ0) is 18.7. The zero-order valence-corrected chi connectivity index (χ0v) is 14.7. The maximum atomic E-state index is 12.7. The number of halogens is 1. The number of aromatic hydroxyl groups is 1. The Bertz CT molecular complexity index is 880. The molecule has 6 nitrogen and oxygen atoms in total. The average Bonchev–Trinajstić information content (AvgIpc) is 2.64. The molecule has 2 aromatic rings. The normalized spacial score (nSPS) is 16.7. The standard InChI is InChI=1S/C19H17ClN2O4/c1-2-26-18(24)15-16(11-6-4-3-5-7-11)21-19(25)22-17(15)13-10-12(20)8-9-14(13)23/h3-10,17,23H,2H2,1H3,(H2,21,22,25). The number of phenolic OH excluding ortho intramolecular Hbond substituents is 1. The molecule has 26 heavy (non-hydrogen) atoms. The molecule has 3 rings (SSSR count). The maximum absolute atomic E-state index is 12.7. The van der Waals surface area contributed by atoms with E-state index >= 15 is 0 Å². The Morgan fingerprint density at radius 3 is 2.65 bits per heavy atom. The van der Waals surface area contributed by atoms with Crippen LogP contribution in [-0.2, 0) is 9.53 Å². The molecule has 2 aromatic carbocycles. The number of carbonyl (C=O) groups excluding carboxylic acids is 2. The minimum absolute atomic E-state index is 0.0872. The van der Waals surface area contributed by atoms with Crippen LogP contribution in [0.2, 0.25) is 5.02 Å². The Balaban J connectivity index is 2.22. The molecular formula is C19H17ClN2O4. The van der Waals surface area contributed by atoms with Gasteiger partial charge < -0.3 is 20.5 Å². The largest absolute Gasteiger partial charge is 0.508 e. The first-order valence-electron chi connectivity index (χ1n) is 8.04. The van der Waals surface area contributed by atoms with E-state index in [1.165, 1.54) is 18.2 Å². The van der Waals surface area contributed by atoms with Crippen LogP contribution >= 0.6 is 11.6 Å². The van der Waals surface area contributed by atoms with E-state index in [0.29, 0.717) is 21.8 Å². The summed E-state index contributed by atoms with van der Waals surface area (Å²) in [5.74, 6) is -0.681. The molecule has 0 fully saturated rings. The molecule has 3 N–H and O–H groups in total. The Morgan fingerprint density at radius 1 is 1.23 bits per heavy atom. The minimum Gasteiger partial charge on any atom is -0.508 e. The molecule has 0 radical (unpaired) electrons. The fraction of sp³-hybridized carbons (Fsp3) is 0.158. The first-order chi connectivity index (χ1) is 12.5. The van der Waals surface area contributed by atoms with Gasteiger partial charge in [0.05, 0.1) is 23.9 Å². The van der Waals surface area contributed by atoms with Crippen molar-refractivity contribution < 1.29 is 19.4 Å². The van der Waals surface area contributed by atoms with Gasteiger partial charge in [-0.1, -0.05) is 41.9 Å². The van der Waals surface area contributed by atoms with Gasteiger partial charge in [0.1, 0.15) is 5.75 Å². The molecule has 1 aliphatic rings. The molecule has 1 atom stereocenters. The van der Waals surface area contributed by atoms with Gasteiger partial charge in [0.2, 0.25) is 0 Å². The van der Waals surface area contributed by atoms with Gasteiger partial charge in [0.15, 0.2) is 0 Å². The van der Waals surface area contributed by atoms with Crippen LogP contribution in [0.3, 0.4) is 0 Å². The monoisotopic (exact) mass is 372 g/mol. The first kappa shape index (κ1) is 17.8. The molecule has 7 heteroatoms. The SMILES string of the molecule is CCOC(=O)C1=C(c2ccccc2)NC(=O)NC1c1cc(Cl)ccc1O. The van der Waals surface area contributed by atoms with Crippen LogP contribution in [-0.4, -0.2) is 23.7 Å². The van der Waals surface area contributed by atoms with Crippen LogP contribution in [0.5, 0.6) is 5.75 Å². The number of phenols is 1. The molecule has 0 aliphatic carbocycles. The topological polar surface area (TPSA) is 87.7 Å². The Kier molecular flexibility index (Phi) is 5.14. The smallest absolute Gasteiger partial charge is 0.338 e. The van der Waals surface area contributed by atoms with Crippen LogP contribution in [0.4, 0.5) is 4.79 Å². The lowest BCUT2D eigenvalue weighted by atomic mass is 9.92. The summed E-state index contributed by atoms with van der Waals surface area (Å²) in [6, 6.07) is 12.0. The van der Waals surface area contributed by atoms with Crippen molar-refractivity contribution in [2.75, 3.05) is 6.61 Å². The van der Waals surface area contributed by atoms with Crippen LogP contribution in [0.1, 0.15) is 24.1 Å². The van der Waals surface area contributed by atoms with Crippen molar-refractivity contribution >= 4 is 29.3 Å². The van der Waals surface area contributed by atoms with Gasteiger partial charge in [-0.25, -0.2) is 9.59 Å². The number of carbonyl (C=O) groups is 2. The van der Waals surface area contributed by atoms with Gasteiger partial charge in [0, 0.05) is 10.6 Å². The molecule has 0 aromatic heterocycles. The van der Waals surface area contributed by atoms with E-state index < -0.39 is 18.0 Å². The van der Waals surface area contributed by atoms with E-state index in [9.17, 15) is 14.7 Å². The minimum atomic E-state index is -0.906. The highest BCUT2D eigenvalue weighted by molar-refractivity contribution is 6.30. The highest BCUT2D eigenvalue weighted by atomic mass is 35.5. The van der Waals surface area contributed by atoms with Crippen molar-refractivity contribution in [2.45, 2.75) is 13.0 Å². The van der Waals surface area contributed by atoms with Gasteiger partial charge in [0.25, 0.3) is 0 Å². The third kappa shape index (κ3) is 3.50. The fourth-order valence-corrected chi connectivity index (χ4v) is 3.00. The second-order valence-electron chi connectivity index (χ2n) is 5.61. The highest BCUT2D eigenvalue weighted by Crippen LogP contribution is 2.36. The summed E-state index contributed by atoms with van der Waals surface area (Å²) in [6.45, 7) is 1.87. The molecule has 2 amide bonds. The molecule has 0 spiro atoms. The molecule has 1 unspecified atom stereocenters. The predicted molar refractivity (Wildman–Crippen MR) is 97.5 cm³/mol. The third-order valence-corrected chi connectivity index (χ3v) is 4.17. The fourth-order valence-electron chi connectivity index (χ4n) is 2.82. The van der Waals surface area contributed by atoms with Crippen molar-refractivity contribution in [3.05, 3.63) is 70.3 Å². The summed E-state index contributed by atoms with van der Waals surface area (Å²) in [5, 5.41) is 16.0. The van der Waals surface area contributed by atoms with E-state index in [0.717, 1.165) is 0 Å². The van der Waals surface area contributed by atoms with Gasteiger partial charge in [-0.3, -0.25) is 0 Å². The molecule has 0 bridgehead atoms. The zero-order valence-electron chi connectivity index (χ0n) is 14.0. The van der Waals surface area contributed by atoms with Gasteiger partial charge in [-0.15, -0.1) is 0 Å². The number of hydrogen-bond donors (Lipinski definition) is 3. The first-order valence-corrected chi connectivity index (χ1v) is 8.41. The van der Waals surface area contributed by atoms with Crippen LogP contribution < -0.4 is 10.6 Å². The average molecular weight is 373 g/mol. The Labute approximate surface area is 155 Å². The lowest BCUT2D eigenvalue weighted by Crippen LogP contribution is -2.45. The summed E-state index contributed by atoms with van der Waals surface area (Å²) < 4.78 is 5.19. The summed E-state index contributed by atoms with van der Waals surface area (Å²) >= 11 is 6.04. The number of benzene rings is 2. The lowest BCUT2D eigenvalue weighted by molar-refractivity contribution is -0.138. The number of esters is 1. The van der Waals surface area contributed by atoms with Crippen LogP contribution in [0.25, 0.3) is 5.70 Å². The summed E-state index contributed by atoms with van der Waals surface area (Å²) in [5.41, 5.74) is 1.48. The lowest BCUT2D eigenvalue weighted by Gasteiger charge is -2.30. The molecular weight excluding hydrogens is 356 g/mol. The van der Waals surface area contributed by atoms with E-state index in [1.54, 1.807) is 31.2 Å².